The number of hydrogen-bond acceptors (Lipinski definition) is 5. The number of anilines is 1. The molecule has 0 saturated heterocycles. The second-order valence-electron chi connectivity index (χ2n) is 10.7. The van der Waals surface area contributed by atoms with E-state index in [0.717, 1.165) is 28.7 Å². The van der Waals surface area contributed by atoms with Gasteiger partial charge in [0.25, 0.3) is 0 Å². The molecule has 6 nitrogen and oxygen atoms in total. The quantitative estimate of drug-likeness (QED) is 0.155. The first-order valence-corrected chi connectivity index (χ1v) is 14.9. The Morgan fingerprint density at radius 3 is 2.43 bits per heavy atom. The number of aromatic nitrogens is 3. The van der Waals surface area contributed by atoms with Gasteiger partial charge < -0.3 is 19.4 Å². The van der Waals surface area contributed by atoms with Crippen molar-refractivity contribution in [2.24, 2.45) is 0 Å². The Bertz CT molecular complexity index is 1400. The lowest BCUT2D eigenvalue weighted by molar-refractivity contribution is 0.203. The number of hydrogen-bond donors (Lipinski definition) is 2. The van der Waals surface area contributed by atoms with Crippen LogP contribution in [-0.4, -0.2) is 28.0 Å². The smallest absolute Gasteiger partial charge is 0.194 e. The Morgan fingerprint density at radius 1 is 1.05 bits per heavy atom. The van der Waals surface area contributed by atoms with Crippen molar-refractivity contribution in [3.05, 3.63) is 89.4 Å². The summed E-state index contributed by atoms with van der Waals surface area (Å²) in [6.07, 6.45) is 1.86. The standard InChI is InChI=1S/C27H31F3N4O2Si/c1-27(2,3)37(4,5)36-15-20-7-6-18-12-19(8-9-23(18)32-20)33-26(35)24-14-34(16-31-24)13-17-10-21(28)25(30)22(29)11-17/h6-12,14,16,26,33,35H,13,15H2,1-5H3. The van der Waals surface area contributed by atoms with Crippen LogP contribution in [0.4, 0.5) is 18.9 Å². The second kappa shape index (κ2) is 10.3. The van der Waals surface area contributed by atoms with E-state index >= 15 is 0 Å². The van der Waals surface area contributed by atoms with Crippen LogP contribution >= 0.6 is 0 Å². The van der Waals surface area contributed by atoms with Gasteiger partial charge in [-0.15, -0.1) is 0 Å². The summed E-state index contributed by atoms with van der Waals surface area (Å²) in [7, 11) is -1.88. The topological polar surface area (TPSA) is 72.2 Å². The van der Waals surface area contributed by atoms with Crippen molar-refractivity contribution in [3.63, 3.8) is 0 Å². The molecule has 0 fully saturated rings. The molecule has 0 saturated carbocycles. The minimum atomic E-state index is -1.88. The van der Waals surface area contributed by atoms with Crippen molar-refractivity contribution < 1.29 is 22.7 Å². The Hall–Kier alpha value is -3.21. The Kier molecular flexibility index (Phi) is 7.45. The lowest BCUT2D eigenvalue weighted by Crippen LogP contribution is -2.40. The first-order valence-electron chi connectivity index (χ1n) is 12.0. The molecule has 0 aliphatic heterocycles. The Labute approximate surface area is 215 Å². The van der Waals surface area contributed by atoms with Crippen LogP contribution in [0.5, 0.6) is 0 Å². The molecule has 0 amide bonds. The number of aliphatic hydroxyl groups is 1. The van der Waals surface area contributed by atoms with E-state index in [1.165, 1.54) is 6.33 Å². The number of rotatable bonds is 8. The highest BCUT2D eigenvalue weighted by Crippen LogP contribution is 2.37. The first kappa shape index (κ1) is 26.8. The van der Waals surface area contributed by atoms with Crippen LogP contribution in [0, 0.1) is 17.5 Å². The fourth-order valence-electron chi connectivity index (χ4n) is 3.56. The van der Waals surface area contributed by atoms with Crippen molar-refractivity contribution in [3.8, 4) is 0 Å². The number of benzene rings is 2. The van der Waals surface area contributed by atoms with E-state index in [2.05, 4.69) is 44.2 Å². The zero-order chi connectivity index (χ0) is 27.0. The summed E-state index contributed by atoms with van der Waals surface area (Å²) < 4.78 is 48.0. The molecular weight excluding hydrogens is 497 g/mol. The summed E-state index contributed by atoms with van der Waals surface area (Å²) >= 11 is 0. The summed E-state index contributed by atoms with van der Waals surface area (Å²) in [5, 5.41) is 14.6. The maximum absolute atomic E-state index is 13.5. The number of nitrogens with one attached hydrogen (secondary N) is 1. The highest BCUT2D eigenvalue weighted by atomic mass is 28.4. The van der Waals surface area contributed by atoms with Crippen LogP contribution in [-0.2, 0) is 17.6 Å². The highest BCUT2D eigenvalue weighted by molar-refractivity contribution is 6.74. The first-order chi connectivity index (χ1) is 17.3. The molecule has 1 atom stereocenters. The van der Waals surface area contributed by atoms with Crippen LogP contribution in [0.3, 0.4) is 0 Å². The van der Waals surface area contributed by atoms with Crippen molar-refractivity contribution in [1.82, 2.24) is 14.5 Å². The Morgan fingerprint density at radius 2 is 1.76 bits per heavy atom. The van der Waals surface area contributed by atoms with Crippen molar-refractivity contribution in [1.29, 1.82) is 0 Å². The Balaban J connectivity index is 1.41. The van der Waals surface area contributed by atoms with E-state index in [-0.39, 0.29) is 17.1 Å². The minimum Gasteiger partial charge on any atom is -0.411 e. The number of halogens is 3. The fraction of sp³-hybridized carbons (Fsp3) is 0.333. The molecule has 0 spiro atoms. The third-order valence-corrected chi connectivity index (χ3v) is 11.3. The van der Waals surface area contributed by atoms with E-state index in [1.54, 1.807) is 10.8 Å². The predicted molar refractivity (Wildman–Crippen MR) is 140 cm³/mol. The number of nitrogens with zero attached hydrogens (tertiary/aromatic N) is 3. The van der Waals surface area contributed by atoms with Crippen LogP contribution in [0.15, 0.2) is 55.0 Å². The van der Waals surface area contributed by atoms with Crippen molar-refractivity contribution in [2.45, 2.75) is 58.3 Å². The van der Waals surface area contributed by atoms with E-state index in [9.17, 15) is 18.3 Å². The van der Waals surface area contributed by atoms with Gasteiger partial charge in [0.05, 0.1) is 24.1 Å². The third kappa shape index (κ3) is 6.20. The average molecular weight is 529 g/mol. The van der Waals surface area contributed by atoms with Crippen molar-refractivity contribution >= 4 is 24.9 Å². The van der Waals surface area contributed by atoms with Crippen LogP contribution in [0.2, 0.25) is 18.1 Å². The van der Waals surface area contributed by atoms with Gasteiger partial charge in [0.2, 0.25) is 0 Å². The molecule has 4 rings (SSSR count). The molecule has 1 unspecified atom stereocenters. The molecule has 10 heteroatoms. The normalized spacial score (nSPS) is 13.2. The highest BCUT2D eigenvalue weighted by Gasteiger charge is 2.37. The van der Waals surface area contributed by atoms with Crippen LogP contribution in [0.1, 0.15) is 44.0 Å². The van der Waals surface area contributed by atoms with Gasteiger partial charge in [-0.1, -0.05) is 26.8 Å². The average Bonchev–Trinajstić information content (AvgIpc) is 3.29. The molecule has 0 aliphatic rings. The number of aliphatic hydroxyl groups excluding tert-OH is 1. The van der Waals surface area contributed by atoms with Gasteiger partial charge >= 0.3 is 0 Å². The molecular formula is C27H31F3N4O2Si. The van der Waals surface area contributed by atoms with E-state index in [0.29, 0.717) is 18.0 Å². The number of imidazole rings is 1. The van der Waals surface area contributed by atoms with E-state index in [4.69, 9.17) is 9.41 Å². The second-order valence-corrected chi connectivity index (χ2v) is 15.5. The van der Waals surface area contributed by atoms with Gasteiger partial charge in [-0.05, 0) is 60.1 Å². The molecule has 37 heavy (non-hydrogen) atoms. The molecule has 2 aromatic heterocycles. The molecule has 0 aliphatic carbocycles. The maximum atomic E-state index is 13.5. The zero-order valence-corrected chi connectivity index (χ0v) is 22.5. The van der Waals surface area contributed by atoms with Gasteiger partial charge in [-0.25, -0.2) is 18.2 Å². The lowest BCUT2D eigenvalue weighted by atomic mass is 10.2. The summed E-state index contributed by atoms with van der Waals surface area (Å²) in [6, 6.07) is 11.3. The fourth-order valence-corrected chi connectivity index (χ4v) is 4.50. The summed E-state index contributed by atoms with van der Waals surface area (Å²) in [5.74, 6) is -4.01. The summed E-state index contributed by atoms with van der Waals surface area (Å²) in [5.41, 5.74) is 2.91. The molecule has 2 N–H and O–H groups in total. The van der Waals surface area contributed by atoms with Gasteiger partial charge in [-0.2, -0.15) is 0 Å². The molecule has 2 aromatic carbocycles. The van der Waals surface area contributed by atoms with Gasteiger partial charge in [0.15, 0.2) is 32.0 Å². The van der Waals surface area contributed by atoms with Gasteiger partial charge in [0, 0.05) is 23.8 Å². The summed E-state index contributed by atoms with van der Waals surface area (Å²) in [6.45, 7) is 11.6. The summed E-state index contributed by atoms with van der Waals surface area (Å²) in [4.78, 5) is 8.88. The predicted octanol–water partition coefficient (Wildman–Crippen LogP) is 6.52. The molecule has 196 valence electrons. The number of fused-ring (bicyclic) bond motifs is 1. The molecule has 4 aromatic rings. The van der Waals surface area contributed by atoms with Gasteiger partial charge in [0.1, 0.15) is 5.69 Å². The van der Waals surface area contributed by atoms with Crippen LogP contribution < -0.4 is 5.32 Å². The number of pyridine rings is 1. The van der Waals surface area contributed by atoms with E-state index in [1.807, 2.05) is 30.3 Å². The molecule has 0 bridgehead atoms. The lowest BCUT2D eigenvalue weighted by Gasteiger charge is -2.36. The SMILES string of the molecule is CC(C)(C)[Si](C)(C)OCc1ccc2cc(NC(O)c3cn(Cc4cc(F)c(F)c(F)c4)cn3)ccc2n1. The zero-order valence-electron chi connectivity index (χ0n) is 21.5. The largest absolute Gasteiger partial charge is 0.411 e. The third-order valence-electron chi connectivity index (χ3n) is 6.78. The monoisotopic (exact) mass is 528 g/mol. The van der Waals surface area contributed by atoms with Gasteiger partial charge in [-0.3, -0.25) is 4.98 Å². The van der Waals surface area contributed by atoms with Crippen molar-refractivity contribution in [2.75, 3.05) is 5.32 Å². The maximum Gasteiger partial charge on any atom is 0.194 e. The molecule has 2 heterocycles. The van der Waals surface area contributed by atoms with Crippen LogP contribution in [0.25, 0.3) is 10.9 Å². The molecule has 0 radical (unpaired) electrons. The van der Waals surface area contributed by atoms with E-state index < -0.39 is 32.0 Å². The minimum absolute atomic E-state index is 0.0664.